The van der Waals surface area contributed by atoms with Crippen molar-refractivity contribution in [1.29, 1.82) is 0 Å². The fourth-order valence-electron chi connectivity index (χ4n) is 1.75. The molecule has 0 aliphatic carbocycles. The topological polar surface area (TPSA) is 68.3 Å². The van der Waals surface area contributed by atoms with Gasteiger partial charge in [-0.25, -0.2) is 9.78 Å². The Balaban J connectivity index is 2.31. The van der Waals surface area contributed by atoms with E-state index in [4.69, 9.17) is 16.3 Å². The number of rotatable bonds is 3. The maximum atomic E-state index is 12.2. The first kappa shape index (κ1) is 15.5. The number of hydrogen-bond donors (Lipinski definition) is 1. The molecule has 2 rings (SSSR count). The number of esters is 1. The molecule has 0 aliphatic rings. The number of pyridine rings is 1. The first-order chi connectivity index (χ1) is 9.93. The van der Waals surface area contributed by atoms with Crippen molar-refractivity contribution < 1.29 is 14.3 Å². The van der Waals surface area contributed by atoms with Gasteiger partial charge < -0.3 is 10.1 Å². The smallest absolute Gasteiger partial charge is 0.341 e. The van der Waals surface area contributed by atoms with Crippen molar-refractivity contribution in [3.8, 4) is 0 Å². The summed E-state index contributed by atoms with van der Waals surface area (Å²) in [4.78, 5) is 28.8. The number of anilines is 1. The summed E-state index contributed by atoms with van der Waals surface area (Å²) in [7, 11) is 1.31. The Hall–Kier alpha value is -1.92. The lowest BCUT2D eigenvalue weighted by Gasteiger charge is -2.06. The Morgan fingerprint density at radius 3 is 2.62 bits per heavy atom. The monoisotopic (exact) mass is 324 g/mol. The number of nitrogens with one attached hydrogen (secondary N) is 1. The van der Waals surface area contributed by atoms with Crippen molar-refractivity contribution in [2.75, 3.05) is 12.4 Å². The van der Waals surface area contributed by atoms with Crippen LogP contribution in [-0.4, -0.2) is 24.0 Å². The van der Waals surface area contributed by atoms with Crippen LogP contribution in [0.5, 0.6) is 0 Å². The fraction of sp³-hybridized carbons (Fsp3) is 0.214. The maximum Gasteiger partial charge on any atom is 0.341 e. The average Bonchev–Trinajstić information content (AvgIpc) is 2.73. The van der Waals surface area contributed by atoms with Crippen molar-refractivity contribution in [1.82, 2.24) is 4.98 Å². The third-order valence-corrected chi connectivity index (χ3v) is 4.34. The highest BCUT2D eigenvalue weighted by molar-refractivity contribution is 7.16. The van der Waals surface area contributed by atoms with E-state index in [2.05, 4.69) is 10.3 Å². The lowest BCUT2D eigenvalue weighted by atomic mass is 10.1. The first-order valence-corrected chi connectivity index (χ1v) is 7.24. The largest absolute Gasteiger partial charge is 0.465 e. The van der Waals surface area contributed by atoms with Gasteiger partial charge in [0.15, 0.2) is 0 Å². The molecule has 21 heavy (non-hydrogen) atoms. The SMILES string of the molecule is COC(=O)c1c(NC(=O)c2ccc(Cl)nc2)sc(C)c1C. The van der Waals surface area contributed by atoms with Gasteiger partial charge in [-0.15, -0.1) is 11.3 Å². The predicted octanol–water partition coefficient (Wildman–Crippen LogP) is 3.45. The predicted molar refractivity (Wildman–Crippen MR) is 82.3 cm³/mol. The molecule has 7 heteroatoms. The lowest BCUT2D eigenvalue weighted by molar-refractivity contribution is 0.0601. The maximum absolute atomic E-state index is 12.2. The van der Waals surface area contributed by atoms with Crippen LogP contribution in [0.2, 0.25) is 5.15 Å². The molecule has 0 spiro atoms. The molecule has 0 atom stereocenters. The summed E-state index contributed by atoms with van der Waals surface area (Å²) >= 11 is 7.02. The number of hydrogen-bond acceptors (Lipinski definition) is 5. The number of nitrogens with zero attached hydrogens (tertiary/aromatic N) is 1. The molecular formula is C14H13ClN2O3S. The number of carbonyl (C=O) groups is 2. The van der Waals surface area contributed by atoms with Gasteiger partial charge in [-0.2, -0.15) is 0 Å². The fourth-order valence-corrected chi connectivity index (χ4v) is 2.90. The van der Waals surface area contributed by atoms with Crippen LogP contribution in [0.15, 0.2) is 18.3 Å². The number of carbonyl (C=O) groups excluding carboxylic acids is 2. The van der Waals surface area contributed by atoms with Gasteiger partial charge in [0, 0.05) is 11.1 Å². The molecule has 0 unspecified atom stereocenters. The van der Waals surface area contributed by atoms with E-state index in [-0.39, 0.29) is 5.91 Å². The summed E-state index contributed by atoms with van der Waals surface area (Å²) in [5.41, 5.74) is 1.55. The van der Waals surface area contributed by atoms with Gasteiger partial charge >= 0.3 is 5.97 Å². The molecule has 110 valence electrons. The van der Waals surface area contributed by atoms with Crippen molar-refractivity contribution in [2.45, 2.75) is 13.8 Å². The second kappa shape index (κ2) is 6.24. The number of ether oxygens (including phenoxy) is 1. The molecule has 0 saturated carbocycles. The number of methoxy groups -OCH3 is 1. The van der Waals surface area contributed by atoms with Crippen LogP contribution < -0.4 is 5.32 Å². The molecule has 0 aromatic carbocycles. The van der Waals surface area contributed by atoms with Crippen molar-refractivity contribution in [2.24, 2.45) is 0 Å². The van der Waals surface area contributed by atoms with Crippen LogP contribution in [0.25, 0.3) is 0 Å². The minimum absolute atomic E-state index is 0.310. The van der Waals surface area contributed by atoms with Crippen LogP contribution in [0.1, 0.15) is 31.2 Å². The highest BCUT2D eigenvalue weighted by atomic mass is 35.5. The lowest BCUT2D eigenvalue weighted by Crippen LogP contribution is -2.14. The van der Waals surface area contributed by atoms with Crippen LogP contribution >= 0.6 is 22.9 Å². The molecule has 2 aromatic heterocycles. The first-order valence-electron chi connectivity index (χ1n) is 6.05. The summed E-state index contributed by atoms with van der Waals surface area (Å²) in [6.07, 6.45) is 1.38. The summed E-state index contributed by atoms with van der Waals surface area (Å²) in [6, 6.07) is 3.10. The Morgan fingerprint density at radius 1 is 1.33 bits per heavy atom. The van der Waals surface area contributed by atoms with Gasteiger partial charge in [-0.3, -0.25) is 4.79 Å². The second-order valence-corrected chi connectivity index (χ2v) is 5.91. The Kier molecular flexibility index (Phi) is 4.59. The molecular weight excluding hydrogens is 312 g/mol. The van der Waals surface area contributed by atoms with Gasteiger partial charge in [0.05, 0.1) is 18.2 Å². The van der Waals surface area contributed by atoms with Gasteiger partial charge in [0.2, 0.25) is 0 Å². The average molecular weight is 325 g/mol. The summed E-state index contributed by atoms with van der Waals surface area (Å²) in [6.45, 7) is 3.70. The minimum atomic E-state index is -0.471. The summed E-state index contributed by atoms with van der Waals surface area (Å²) in [5.74, 6) is -0.827. The molecule has 0 aliphatic heterocycles. The third kappa shape index (κ3) is 3.22. The molecule has 0 radical (unpaired) electrons. The highest BCUT2D eigenvalue weighted by Gasteiger charge is 2.22. The number of amides is 1. The zero-order valence-electron chi connectivity index (χ0n) is 11.7. The standard InChI is InChI=1S/C14H13ClN2O3S/c1-7-8(2)21-13(11(7)14(19)20-3)17-12(18)9-4-5-10(15)16-6-9/h4-6H,1-3H3,(H,17,18). The van der Waals surface area contributed by atoms with Crippen molar-refractivity contribution >= 4 is 39.8 Å². The van der Waals surface area contributed by atoms with Crippen LogP contribution in [0.4, 0.5) is 5.00 Å². The van der Waals surface area contributed by atoms with Gasteiger partial charge in [0.25, 0.3) is 5.91 Å². The molecule has 5 nitrogen and oxygen atoms in total. The van der Waals surface area contributed by atoms with E-state index in [1.54, 1.807) is 6.07 Å². The Labute approximate surface area is 130 Å². The highest BCUT2D eigenvalue weighted by Crippen LogP contribution is 2.33. The van der Waals surface area contributed by atoms with E-state index in [1.165, 1.54) is 30.7 Å². The molecule has 0 bridgehead atoms. The number of aryl methyl sites for hydroxylation is 1. The van der Waals surface area contributed by atoms with E-state index in [0.717, 1.165) is 10.4 Å². The van der Waals surface area contributed by atoms with E-state index < -0.39 is 5.97 Å². The van der Waals surface area contributed by atoms with Crippen LogP contribution in [0.3, 0.4) is 0 Å². The van der Waals surface area contributed by atoms with E-state index in [9.17, 15) is 9.59 Å². The molecule has 1 amide bonds. The summed E-state index contributed by atoms with van der Waals surface area (Å²) in [5, 5.41) is 3.50. The van der Waals surface area contributed by atoms with Crippen molar-refractivity contribution in [3.05, 3.63) is 45.1 Å². The Bertz CT molecular complexity index is 695. The molecule has 1 N–H and O–H groups in total. The minimum Gasteiger partial charge on any atom is -0.465 e. The van der Waals surface area contributed by atoms with E-state index >= 15 is 0 Å². The van der Waals surface area contributed by atoms with E-state index in [0.29, 0.717) is 21.3 Å². The van der Waals surface area contributed by atoms with Crippen LogP contribution in [-0.2, 0) is 4.74 Å². The van der Waals surface area contributed by atoms with Crippen LogP contribution in [0, 0.1) is 13.8 Å². The zero-order chi connectivity index (χ0) is 15.6. The molecule has 2 aromatic rings. The number of halogens is 1. The van der Waals surface area contributed by atoms with Crippen molar-refractivity contribution in [3.63, 3.8) is 0 Å². The summed E-state index contributed by atoms with van der Waals surface area (Å²) < 4.78 is 4.76. The number of aromatic nitrogens is 1. The van der Waals surface area contributed by atoms with Gasteiger partial charge in [0.1, 0.15) is 10.2 Å². The Morgan fingerprint density at radius 2 is 2.05 bits per heavy atom. The van der Waals surface area contributed by atoms with Gasteiger partial charge in [-0.05, 0) is 31.5 Å². The normalized spacial score (nSPS) is 10.3. The van der Waals surface area contributed by atoms with Gasteiger partial charge in [-0.1, -0.05) is 11.6 Å². The third-order valence-electron chi connectivity index (χ3n) is 2.99. The molecule has 0 saturated heterocycles. The molecule has 2 heterocycles. The molecule has 0 fully saturated rings. The van der Waals surface area contributed by atoms with E-state index in [1.807, 2.05) is 13.8 Å². The quantitative estimate of drug-likeness (QED) is 0.693. The second-order valence-electron chi connectivity index (χ2n) is 4.30. The zero-order valence-corrected chi connectivity index (χ0v) is 13.3. The number of thiophene rings is 1.